The summed E-state index contributed by atoms with van der Waals surface area (Å²) >= 11 is 0. The van der Waals surface area contributed by atoms with Crippen LogP contribution in [-0.4, -0.2) is 37.2 Å². The van der Waals surface area contributed by atoms with E-state index in [1.807, 2.05) is 0 Å². The van der Waals surface area contributed by atoms with Crippen LogP contribution in [0.25, 0.3) is 0 Å². The molecule has 426 valence electrons. The van der Waals surface area contributed by atoms with Gasteiger partial charge in [0, 0.05) is 19.3 Å². The van der Waals surface area contributed by atoms with Crippen LogP contribution in [0.1, 0.15) is 374 Å². The second-order valence-electron chi connectivity index (χ2n) is 22.4. The van der Waals surface area contributed by atoms with Gasteiger partial charge in [-0.15, -0.1) is 0 Å². The highest BCUT2D eigenvalue weighted by molar-refractivity contribution is 5.71. The highest BCUT2D eigenvalue weighted by Crippen LogP contribution is 2.18. The molecule has 0 aliphatic rings. The second kappa shape index (κ2) is 61.7. The van der Waals surface area contributed by atoms with Gasteiger partial charge in [-0.25, -0.2) is 0 Å². The first kappa shape index (κ1) is 70.1. The molecule has 1 unspecified atom stereocenters. The zero-order valence-corrected chi connectivity index (χ0v) is 49.0. The molecule has 0 aromatic carbocycles. The summed E-state index contributed by atoms with van der Waals surface area (Å²) in [6.07, 6.45) is 72.8. The Morgan fingerprint density at radius 1 is 0.264 bits per heavy atom. The second-order valence-corrected chi connectivity index (χ2v) is 22.4. The summed E-state index contributed by atoms with van der Waals surface area (Å²) in [6, 6.07) is 0. The normalized spacial score (nSPS) is 12.0. The van der Waals surface area contributed by atoms with Crippen LogP contribution >= 0.6 is 0 Å². The molecule has 1 atom stereocenters. The number of hydrogen-bond donors (Lipinski definition) is 0. The molecule has 0 heterocycles. The molecular weight excluding hydrogens is 889 g/mol. The fourth-order valence-electron chi connectivity index (χ4n) is 10.1. The van der Waals surface area contributed by atoms with E-state index in [-0.39, 0.29) is 31.1 Å². The van der Waals surface area contributed by atoms with Gasteiger partial charge in [0.05, 0.1) is 0 Å². The third-order valence-electron chi connectivity index (χ3n) is 15.0. The lowest BCUT2D eigenvalue weighted by Gasteiger charge is -2.18. The van der Waals surface area contributed by atoms with Crippen molar-refractivity contribution in [2.45, 2.75) is 380 Å². The Labute approximate surface area is 450 Å². The van der Waals surface area contributed by atoms with Gasteiger partial charge in [0.15, 0.2) is 6.10 Å². The van der Waals surface area contributed by atoms with Crippen LogP contribution in [-0.2, 0) is 28.6 Å². The van der Waals surface area contributed by atoms with E-state index in [2.05, 4.69) is 32.9 Å². The van der Waals surface area contributed by atoms with Crippen LogP contribution in [0.3, 0.4) is 0 Å². The van der Waals surface area contributed by atoms with E-state index in [4.69, 9.17) is 14.2 Å². The molecule has 0 aliphatic heterocycles. The molecule has 0 rings (SSSR count). The first-order valence-corrected chi connectivity index (χ1v) is 32.7. The molecule has 0 saturated carbocycles. The minimum atomic E-state index is -0.762. The van der Waals surface area contributed by atoms with Gasteiger partial charge in [0.25, 0.3) is 0 Å². The van der Waals surface area contributed by atoms with Crippen LogP contribution in [0.5, 0.6) is 0 Å². The zero-order chi connectivity index (χ0) is 52.2. The monoisotopic (exact) mass is 1010 g/mol. The summed E-state index contributed by atoms with van der Waals surface area (Å²) in [5.74, 6) is -0.851. The van der Waals surface area contributed by atoms with Gasteiger partial charge in [0.1, 0.15) is 13.2 Å². The van der Waals surface area contributed by atoms with Crippen molar-refractivity contribution in [1.29, 1.82) is 0 Å². The Kier molecular flexibility index (Phi) is 60.1. The number of hydrogen-bond acceptors (Lipinski definition) is 6. The van der Waals surface area contributed by atoms with Gasteiger partial charge >= 0.3 is 17.9 Å². The number of carbonyl (C=O) groups is 3. The zero-order valence-electron chi connectivity index (χ0n) is 49.0. The molecule has 6 nitrogen and oxygen atoms in total. The van der Waals surface area contributed by atoms with Crippen LogP contribution in [0.15, 0.2) is 12.2 Å². The van der Waals surface area contributed by atoms with Gasteiger partial charge in [-0.1, -0.05) is 322 Å². The molecule has 0 aromatic heterocycles. The topological polar surface area (TPSA) is 78.9 Å². The lowest BCUT2D eigenvalue weighted by Crippen LogP contribution is -2.30. The molecule has 0 fully saturated rings. The summed E-state index contributed by atoms with van der Waals surface area (Å²) in [4.78, 5) is 37.9. The van der Waals surface area contributed by atoms with Crippen LogP contribution in [0.4, 0.5) is 0 Å². The molecule has 72 heavy (non-hydrogen) atoms. The van der Waals surface area contributed by atoms with Gasteiger partial charge < -0.3 is 14.2 Å². The van der Waals surface area contributed by atoms with Gasteiger partial charge in [-0.05, 0) is 44.9 Å². The van der Waals surface area contributed by atoms with Crippen molar-refractivity contribution in [3.8, 4) is 0 Å². The Morgan fingerprint density at radius 2 is 0.458 bits per heavy atom. The van der Waals surface area contributed by atoms with Crippen molar-refractivity contribution in [3.05, 3.63) is 12.2 Å². The van der Waals surface area contributed by atoms with Gasteiger partial charge in [-0.3, -0.25) is 14.4 Å². The SMILES string of the molecule is CCCCCCCCCC/C=C\CCCCCCCCCCCCCCCCCC(=O)OCC(COC(=O)CCCCCCC)OC(=O)CCCCCCCCCCCCCCCCCCCCCCCC. The van der Waals surface area contributed by atoms with E-state index in [1.54, 1.807) is 0 Å². The van der Waals surface area contributed by atoms with Crippen molar-refractivity contribution >= 4 is 17.9 Å². The highest BCUT2D eigenvalue weighted by Gasteiger charge is 2.19. The largest absolute Gasteiger partial charge is 0.462 e. The smallest absolute Gasteiger partial charge is 0.306 e. The standard InChI is InChI=1S/C66H126O6/c1-4-7-10-13-15-17-19-21-23-25-27-29-31-32-33-34-35-37-38-40-42-44-46-48-50-53-56-59-65(68)71-62-63(61-70-64(67)58-55-52-12-9-6-3)72-66(69)60-57-54-51-49-47-45-43-41-39-36-30-28-26-24-22-20-18-16-14-11-8-5-2/h25,27,63H,4-24,26,28-62H2,1-3H3/b27-25-. The molecule has 0 aliphatic carbocycles. The van der Waals surface area contributed by atoms with Crippen molar-refractivity contribution in [1.82, 2.24) is 0 Å². The quantitative estimate of drug-likeness (QED) is 0.0261. The third kappa shape index (κ3) is 59.0. The van der Waals surface area contributed by atoms with Crippen molar-refractivity contribution in [2.24, 2.45) is 0 Å². The summed E-state index contributed by atoms with van der Waals surface area (Å²) in [5.41, 5.74) is 0. The number of carbonyl (C=O) groups excluding carboxylic acids is 3. The molecule has 0 saturated heterocycles. The summed E-state index contributed by atoms with van der Waals surface area (Å²) in [7, 11) is 0. The Morgan fingerprint density at radius 3 is 0.694 bits per heavy atom. The van der Waals surface area contributed by atoms with Crippen molar-refractivity contribution in [2.75, 3.05) is 13.2 Å². The average Bonchev–Trinajstić information content (AvgIpc) is 3.38. The number of rotatable bonds is 61. The molecule has 0 radical (unpaired) electrons. The molecule has 0 bridgehead atoms. The maximum atomic E-state index is 12.8. The predicted molar refractivity (Wildman–Crippen MR) is 312 cm³/mol. The van der Waals surface area contributed by atoms with Gasteiger partial charge in [0.2, 0.25) is 0 Å². The third-order valence-corrected chi connectivity index (χ3v) is 15.0. The van der Waals surface area contributed by atoms with E-state index < -0.39 is 6.10 Å². The molecule has 0 amide bonds. The van der Waals surface area contributed by atoms with Crippen molar-refractivity contribution < 1.29 is 28.6 Å². The molecular formula is C66H126O6. The Hall–Kier alpha value is -1.85. The van der Waals surface area contributed by atoms with E-state index in [1.165, 1.54) is 270 Å². The summed E-state index contributed by atoms with van der Waals surface area (Å²) in [5, 5.41) is 0. The highest BCUT2D eigenvalue weighted by atomic mass is 16.6. The van der Waals surface area contributed by atoms with Crippen LogP contribution in [0, 0.1) is 0 Å². The molecule has 6 heteroatoms. The first-order chi connectivity index (χ1) is 35.5. The fourth-order valence-corrected chi connectivity index (χ4v) is 10.1. The number of unbranched alkanes of at least 4 members (excludes halogenated alkanes) is 48. The minimum Gasteiger partial charge on any atom is -0.462 e. The maximum absolute atomic E-state index is 12.8. The van der Waals surface area contributed by atoms with E-state index in [9.17, 15) is 14.4 Å². The minimum absolute atomic E-state index is 0.0645. The molecule has 0 aromatic rings. The predicted octanol–water partition coefficient (Wildman–Crippen LogP) is 22.1. The van der Waals surface area contributed by atoms with E-state index in [0.717, 1.165) is 64.2 Å². The summed E-state index contributed by atoms with van der Waals surface area (Å²) < 4.78 is 16.8. The average molecular weight is 1020 g/mol. The number of ether oxygens (including phenoxy) is 3. The first-order valence-electron chi connectivity index (χ1n) is 32.7. The molecule has 0 N–H and O–H groups in total. The Bertz CT molecular complexity index is 1120. The lowest BCUT2D eigenvalue weighted by molar-refractivity contribution is -0.167. The molecule has 0 spiro atoms. The fraction of sp³-hybridized carbons (Fsp3) is 0.924. The van der Waals surface area contributed by atoms with Gasteiger partial charge in [-0.2, -0.15) is 0 Å². The Balaban J connectivity index is 3.95. The van der Waals surface area contributed by atoms with Crippen LogP contribution < -0.4 is 0 Å². The lowest BCUT2D eigenvalue weighted by atomic mass is 10.0. The maximum Gasteiger partial charge on any atom is 0.306 e. The van der Waals surface area contributed by atoms with Crippen molar-refractivity contribution in [3.63, 3.8) is 0 Å². The summed E-state index contributed by atoms with van der Waals surface area (Å²) in [6.45, 7) is 6.63. The van der Waals surface area contributed by atoms with Crippen LogP contribution in [0.2, 0.25) is 0 Å². The number of allylic oxidation sites excluding steroid dienone is 2. The van der Waals surface area contributed by atoms with E-state index in [0.29, 0.717) is 19.3 Å². The van der Waals surface area contributed by atoms with E-state index >= 15 is 0 Å². The number of esters is 3.